The number of pyridine rings is 1. The Labute approximate surface area is 246 Å². The highest BCUT2D eigenvalue weighted by Crippen LogP contribution is 2.44. The van der Waals surface area contributed by atoms with Crippen LogP contribution in [0.5, 0.6) is 5.75 Å². The Morgan fingerprint density at radius 1 is 1.12 bits per heavy atom. The second-order valence-electron chi connectivity index (χ2n) is 9.51. The molecule has 0 radical (unpaired) electrons. The lowest BCUT2D eigenvalue weighted by molar-refractivity contribution is -0.132. The molecule has 0 saturated carbocycles. The molecule has 2 aromatic heterocycles. The number of thiazole rings is 1. The van der Waals surface area contributed by atoms with Crippen molar-refractivity contribution in [1.29, 1.82) is 0 Å². The number of aryl methyl sites for hydroxylation is 2. The number of hydrogen-bond acceptors (Lipinski definition) is 9. The maximum absolute atomic E-state index is 13.5. The van der Waals surface area contributed by atoms with Gasteiger partial charge < -0.3 is 14.6 Å². The van der Waals surface area contributed by atoms with Crippen LogP contribution in [0.25, 0.3) is 5.76 Å². The van der Waals surface area contributed by atoms with Crippen LogP contribution >= 0.6 is 11.3 Å². The largest absolute Gasteiger partial charge is 0.507 e. The van der Waals surface area contributed by atoms with Crippen LogP contribution in [-0.2, 0) is 20.9 Å². The quantitative estimate of drug-likeness (QED) is 0.0879. The number of amides is 1. The van der Waals surface area contributed by atoms with Gasteiger partial charge in [-0.05, 0) is 54.8 Å². The Kier molecular flexibility index (Phi) is 8.26. The van der Waals surface area contributed by atoms with Crippen LogP contribution in [0.3, 0.4) is 0 Å². The standard InChI is InChI=1S/C32H27N3O6S/c1-4-15-40-31(39)29-20(3)34-32(42-29)35-26(23-11-8-14-33-17-23)25(28(37)30(35)38)27(36)22-12-13-24(19(2)16-22)41-18-21-9-6-5-7-10-21/h4-14,16-17,26,36H,1,15,18H2,2-3H3/b27-25+/t26-/m0/s1. The smallest absolute Gasteiger partial charge is 0.350 e. The van der Waals surface area contributed by atoms with Crippen LogP contribution < -0.4 is 9.64 Å². The number of carbonyl (C=O) groups is 3. The summed E-state index contributed by atoms with van der Waals surface area (Å²) in [5, 5.41) is 11.6. The number of Topliss-reactive ketones (excluding diaryl/α,β-unsaturated/α-hetero) is 1. The van der Waals surface area contributed by atoms with E-state index in [-0.39, 0.29) is 27.9 Å². The van der Waals surface area contributed by atoms with Gasteiger partial charge in [-0.2, -0.15) is 0 Å². The first kappa shape index (κ1) is 28.4. The number of aliphatic hydroxyl groups excluding tert-OH is 1. The zero-order valence-electron chi connectivity index (χ0n) is 22.9. The number of ketones is 1. The molecule has 3 heterocycles. The molecule has 10 heteroatoms. The minimum Gasteiger partial charge on any atom is -0.507 e. The van der Waals surface area contributed by atoms with E-state index in [0.717, 1.165) is 22.5 Å². The van der Waals surface area contributed by atoms with Gasteiger partial charge in [0.05, 0.1) is 17.3 Å². The summed E-state index contributed by atoms with van der Waals surface area (Å²) in [5.41, 5.74) is 2.80. The van der Waals surface area contributed by atoms with E-state index in [1.807, 2.05) is 37.3 Å². The molecule has 0 unspecified atom stereocenters. The highest BCUT2D eigenvalue weighted by molar-refractivity contribution is 7.17. The maximum atomic E-state index is 13.5. The third-order valence-corrected chi connectivity index (χ3v) is 7.78. The zero-order valence-corrected chi connectivity index (χ0v) is 23.8. The molecule has 1 aliphatic rings. The Bertz CT molecular complexity index is 1700. The minimum atomic E-state index is -1.03. The fourth-order valence-corrected chi connectivity index (χ4v) is 5.59. The van der Waals surface area contributed by atoms with Crippen LogP contribution in [0, 0.1) is 13.8 Å². The number of hydrogen-bond donors (Lipinski definition) is 1. The van der Waals surface area contributed by atoms with Gasteiger partial charge in [-0.3, -0.25) is 19.5 Å². The van der Waals surface area contributed by atoms with E-state index in [1.54, 1.807) is 43.5 Å². The van der Waals surface area contributed by atoms with Crippen molar-refractivity contribution >= 4 is 39.9 Å². The van der Waals surface area contributed by atoms with Gasteiger partial charge in [0.15, 0.2) is 5.13 Å². The number of esters is 1. The lowest BCUT2D eigenvalue weighted by Gasteiger charge is -2.22. The topological polar surface area (TPSA) is 119 Å². The average Bonchev–Trinajstić information content (AvgIpc) is 3.52. The van der Waals surface area contributed by atoms with Crippen LogP contribution in [-0.4, -0.2) is 39.3 Å². The number of benzene rings is 2. The summed E-state index contributed by atoms with van der Waals surface area (Å²) in [4.78, 5) is 49.5. The fourth-order valence-electron chi connectivity index (χ4n) is 4.61. The zero-order chi connectivity index (χ0) is 29.8. The van der Waals surface area contributed by atoms with Gasteiger partial charge in [0.1, 0.15) is 29.6 Å². The second kappa shape index (κ2) is 12.2. The Balaban J connectivity index is 1.53. The van der Waals surface area contributed by atoms with Crippen molar-refractivity contribution in [1.82, 2.24) is 9.97 Å². The molecular formula is C32H27N3O6S. The number of anilines is 1. The third kappa shape index (κ3) is 5.57. The molecule has 1 amide bonds. The van der Waals surface area contributed by atoms with Crippen molar-refractivity contribution in [2.45, 2.75) is 26.5 Å². The van der Waals surface area contributed by atoms with E-state index in [9.17, 15) is 19.5 Å². The summed E-state index contributed by atoms with van der Waals surface area (Å²) in [6.45, 7) is 7.37. The van der Waals surface area contributed by atoms with Gasteiger partial charge in [0.25, 0.3) is 5.78 Å². The van der Waals surface area contributed by atoms with Gasteiger partial charge >= 0.3 is 11.9 Å². The molecular weight excluding hydrogens is 554 g/mol. The van der Waals surface area contributed by atoms with Crippen molar-refractivity contribution in [3.8, 4) is 5.75 Å². The summed E-state index contributed by atoms with van der Waals surface area (Å²) in [5.74, 6) is -2.11. The van der Waals surface area contributed by atoms with Gasteiger partial charge in [0, 0.05) is 18.0 Å². The first-order valence-electron chi connectivity index (χ1n) is 13.0. The lowest BCUT2D eigenvalue weighted by Crippen LogP contribution is -2.29. The molecule has 1 atom stereocenters. The number of nitrogens with zero attached hydrogens (tertiary/aromatic N) is 3. The molecule has 212 valence electrons. The molecule has 9 nitrogen and oxygen atoms in total. The van der Waals surface area contributed by atoms with Gasteiger partial charge in [-0.25, -0.2) is 9.78 Å². The number of aromatic nitrogens is 2. The normalized spacial score (nSPS) is 16.0. The van der Waals surface area contributed by atoms with Crippen LogP contribution in [0.2, 0.25) is 0 Å². The summed E-state index contributed by atoms with van der Waals surface area (Å²) in [6, 6.07) is 17.1. The molecule has 0 bridgehead atoms. The van der Waals surface area contributed by atoms with Gasteiger partial charge in [0.2, 0.25) is 0 Å². The molecule has 4 aromatic rings. The summed E-state index contributed by atoms with van der Waals surface area (Å²) in [7, 11) is 0. The molecule has 1 fully saturated rings. The highest BCUT2D eigenvalue weighted by Gasteiger charge is 2.48. The second-order valence-corrected chi connectivity index (χ2v) is 10.5. The number of aliphatic hydroxyl groups is 1. The van der Waals surface area contributed by atoms with Crippen molar-refractivity contribution in [2.75, 3.05) is 11.5 Å². The summed E-state index contributed by atoms with van der Waals surface area (Å²) >= 11 is 0.929. The van der Waals surface area contributed by atoms with E-state index >= 15 is 0 Å². The van der Waals surface area contributed by atoms with Gasteiger partial charge in [-0.1, -0.05) is 60.4 Å². The van der Waals surface area contributed by atoms with E-state index in [4.69, 9.17) is 9.47 Å². The monoisotopic (exact) mass is 581 g/mol. The Hall–Kier alpha value is -5.09. The first-order chi connectivity index (χ1) is 20.3. The molecule has 2 aromatic carbocycles. The molecule has 0 aliphatic carbocycles. The van der Waals surface area contributed by atoms with Crippen LogP contribution in [0.1, 0.15) is 43.7 Å². The molecule has 1 N–H and O–H groups in total. The van der Waals surface area contributed by atoms with E-state index in [2.05, 4.69) is 16.5 Å². The minimum absolute atomic E-state index is 0.0151. The highest BCUT2D eigenvalue weighted by atomic mass is 32.1. The SMILES string of the molecule is C=CCOC(=O)c1sc(N2C(=O)C(=O)/C(=C(/O)c3ccc(OCc4ccccc4)c(C)c3)[C@@H]2c2cccnc2)nc1C. The Morgan fingerprint density at radius 3 is 2.60 bits per heavy atom. The average molecular weight is 582 g/mol. The molecule has 0 spiro atoms. The molecule has 5 rings (SSSR count). The molecule has 42 heavy (non-hydrogen) atoms. The van der Waals surface area contributed by atoms with Crippen molar-refractivity contribution in [3.05, 3.63) is 124 Å². The maximum Gasteiger partial charge on any atom is 0.350 e. The van der Waals surface area contributed by atoms with Gasteiger partial charge in [-0.15, -0.1) is 0 Å². The Morgan fingerprint density at radius 2 is 1.90 bits per heavy atom. The van der Waals surface area contributed by atoms with E-state index in [0.29, 0.717) is 29.2 Å². The first-order valence-corrected chi connectivity index (χ1v) is 13.9. The number of rotatable bonds is 9. The molecule has 1 aliphatic heterocycles. The van der Waals surface area contributed by atoms with Crippen LogP contribution in [0.4, 0.5) is 5.13 Å². The van der Waals surface area contributed by atoms with Crippen molar-refractivity contribution in [2.24, 2.45) is 0 Å². The predicted molar refractivity (Wildman–Crippen MR) is 158 cm³/mol. The molecule has 1 saturated heterocycles. The van der Waals surface area contributed by atoms with E-state index in [1.165, 1.54) is 17.2 Å². The van der Waals surface area contributed by atoms with Crippen molar-refractivity contribution in [3.63, 3.8) is 0 Å². The summed E-state index contributed by atoms with van der Waals surface area (Å²) < 4.78 is 11.1. The number of carbonyl (C=O) groups excluding carboxylic acids is 3. The lowest BCUT2D eigenvalue weighted by atomic mass is 9.96. The van der Waals surface area contributed by atoms with Crippen molar-refractivity contribution < 1.29 is 29.0 Å². The fraction of sp³-hybridized carbons (Fsp3) is 0.156. The number of ether oxygens (including phenoxy) is 2. The van der Waals surface area contributed by atoms with E-state index < -0.39 is 23.7 Å². The summed E-state index contributed by atoms with van der Waals surface area (Å²) in [6.07, 6.45) is 4.52. The van der Waals surface area contributed by atoms with Crippen LogP contribution in [0.15, 0.2) is 91.3 Å². The third-order valence-electron chi connectivity index (χ3n) is 6.64. The predicted octanol–water partition coefficient (Wildman–Crippen LogP) is 5.70.